The van der Waals surface area contributed by atoms with E-state index in [-0.39, 0.29) is 0 Å². The van der Waals surface area contributed by atoms with E-state index in [1.54, 1.807) is 6.20 Å². The maximum absolute atomic E-state index is 9.29. The van der Waals surface area contributed by atoms with Gasteiger partial charge in [-0.25, -0.2) is 9.97 Å². The van der Waals surface area contributed by atoms with Crippen molar-refractivity contribution in [1.82, 2.24) is 15.3 Å². The van der Waals surface area contributed by atoms with Gasteiger partial charge in [0, 0.05) is 23.7 Å². The molecule has 1 aliphatic rings. The topological polar surface area (TPSA) is 61.6 Å². The van der Waals surface area contributed by atoms with Gasteiger partial charge in [-0.3, -0.25) is 0 Å². The summed E-state index contributed by atoms with van der Waals surface area (Å²) in [6, 6.07) is 10.8. The van der Waals surface area contributed by atoms with E-state index >= 15 is 0 Å². The quantitative estimate of drug-likeness (QED) is 0.854. The van der Waals surface area contributed by atoms with E-state index in [9.17, 15) is 5.26 Å². The third kappa shape index (κ3) is 3.35. The molecule has 1 aromatic heterocycles. The number of benzene rings is 1. The van der Waals surface area contributed by atoms with Crippen LogP contribution >= 0.6 is 11.8 Å². The summed E-state index contributed by atoms with van der Waals surface area (Å²) in [4.78, 5) is 8.99. The number of nitriles is 1. The van der Waals surface area contributed by atoms with Crippen LogP contribution in [0.3, 0.4) is 0 Å². The Morgan fingerprint density at radius 1 is 1.35 bits per heavy atom. The molecule has 0 saturated heterocycles. The van der Waals surface area contributed by atoms with E-state index in [1.807, 2.05) is 18.2 Å². The molecule has 0 spiro atoms. The Balaban J connectivity index is 1.75. The molecule has 5 heteroatoms. The van der Waals surface area contributed by atoms with E-state index in [1.165, 1.54) is 30.9 Å². The minimum absolute atomic E-state index is 0.676. The lowest BCUT2D eigenvalue weighted by atomic mass is 10.1. The van der Waals surface area contributed by atoms with Crippen LogP contribution in [0, 0.1) is 11.3 Å². The van der Waals surface area contributed by atoms with Crippen molar-refractivity contribution in [3.05, 3.63) is 47.9 Å². The predicted molar refractivity (Wildman–Crippen MR) is 77.2 cm³/mol. The Morgan fingerprint density at radius 2 is 2.25 bits per heavy atom. The van der Waals surface area contributed by atoms with E-state index in [0.717, 1.165) is 22.0 Å². The first-order chi connectivity index (χ1) is 9.85. The molecular formula is C15H14N4S. The van der Waals surface area contributed by atoms with Gasteiger partial charge in [0.15, 0.2) is 0 Å². The fraction of sp³-hybridized carbons (Fsp3) is 0.267. The Hall–Kier alpha value is -1.90. The van der Waals surface area contributed by atoms with Gasteiger partial charge in [-0.05, 0) is 36.6 Å². The van der Waals surface area contributed by atoms with Crippen molar-refractivity contribution in [1.29, 1.82) is 5.26 Å². The molecule has 0 bridgehead atoms. The molecule has 1 heterocycles. The van der Waals surface area contributed by atoms with Gasteiger partial charge in [0.25, 0.3) is 0 Å². The average molecular weight is 282 g/mol. The standard InChI is InChI=1S/C15H14N4S/c16-8-12-7-11(9-18-13-2-3-13)1-4-14(12)20-15-5-6-17-10-19-15/h1,4-7,10,13,18H,2-3,9H2. The van der Waals surface area contributed by atoms with Crippen LogP contribution < -0.4 is 5.32 Å². The molecule has 0 unspecified atom stereocenters. The molecule has 4 nitrogen and oxygen atoms in total. The SMILES string of the molecule is N#Cc1cc(CNC2CC2)ccc1Sc1ccncn1. The lowest BCUT2D eigenvalue weighted by molar-refractivity contribution is 0.687. The van der Waals surface area contributed by atoms with E-state index < -0.39 is 0 Å². The van der Waals surface area contributed by atoms with Crippen molar-refractivity contribution in [2.24, 2.45) is 0 Å². The van der Waals surface area contributed by atoms with Crippen LogP contribution in [0.2, 0.25) is 0 Å². The van der Waals surface area contributed by atoms with Crippen LogP contribution in [0.5, 0.6) is 0 Å². The van der Waals surface area contributed by atoms with Crippen LogP contribution in [-0.4, -0.2) is 16.0 Å². The molecular weight excluding hydrogens is 268 g/mol. The summed E-state index contributed by atoms with van der Waals surface area (Å²) in [6.07, 6.45) is 5.76. The minimum atomic E-state index is 0.676. The third-order valence-electron chi connectivity index (χ3n) is 3.11. The zero-order valence-corrected chi connectivity index (χ0v) is 11.7. The minimum Gasteiger partial charge on any atom is -0.310 e. The smallest absolute Gasteiger partial charge is 0.116 e. The summed E-state index contributed by atoms with van der Waals surface area (Å²) in [5, 5.41) is 13.6. The van der Waals surface area contributed by atoms with Gasteiger partial charge in [0.1, 0.15) is 17.4 Å². The molecule has 1 fully saturated rings. The van der Waals surface area contributed by atoms with Gasteiger partial charge in [0.05, 0.1) is 5.56 Å². The number of rotatable bonds is 5. The van der Waals surface area contributed by atoms with Crippen molar-refractivity contribution in [3.63, 3.8) is 0 Å². The lowest BCUT2D eigenvalue weighted by Gasteiger charge is -2.07. The number of nitrogens with zero attached hydrogens (tertiary/aromatic N) is 3. The average Bonchev–Trinajstić information content (AvgIpc) is 3.31. The van der Waals surface area contributed by atoms with Crippen LogP contribution in [0.4, 0.5) is 0 Å². The van der Waals surface area contributed by atoms with Gasteiger partial charge >= 0.3 is 0 Å². The second-order valence-corrected chi connectivity index (χ2v) is 5.81. The van der Waals surface area contributed by atoms with E-state index in [4.69, 9.17) is 0 Å². The molecule has 1 aromatic carbocycles. The molecule has 1 saturated carbocycles. The summed E-state index contributed by atoms with van der Waals surface area (Å²) in [5.74, 6) is 0. The number of aromatic nitrogens is 2. The molecule has 1 N–H and O–H groups in total. The summed E-state index contributed by atoms with van der Waals surface area (Å²) in [7, 11) is 0. The molecule has 0 aliphatic heterocycles. The highest BCUT2D eigenvalue weighted by Gasteiger charge is 2.20. The number of nitrogens with one attached hydrogen (secondary N) is 1. The predicted octanol–water partition coefficient (Wildman–Crippen LogP) is 2.75. The number of hydrogen-bond donors (Lipinski definition) is 1. The zero-order chi connectivity index (χ0) is 13.8. The molecule has 100 valence electrons. The normalized spacial score (nSPS) is 13.9. The second kappa shape index (κ2) is 6.04. The Labute approximate surface area is 122 Å². The van der Waals surface area contributed by atoms with Crippen LogP contribution in [-0.2, 0) is 6.54 Å². The van der Waals surface area contributed by atoms with Crippen molar-refractivity contribution in [2.75, 3.05) is 0 Å². The number of hydrogen-bond acceptors (Lipinski definition) is 5. The van der Waals surface area contributed by atoms with Crippen molar-refractivity contribution >= 4 is 11.8 Å². The summed E-state index contributed by atoms with van der Waals surface area (Å²) >= 11 is 1.49. The highest BCUT2D eigenvalue weighted by Crippen LogP contribution is 2.29. The first kappa shape index (κ1) is 13.1. The van der Waals surface area contributed by atoms with Crippen LogP contribution in [0.25, 0.3) is 0 Å². The van der Waals surface area contributed by atoms with Gasteiger partial charge in [-0.1, -0.05) is 17.8 Å². The maximum Gasteiger partial charge on any atom is 0.116 e. The fourth-order valence-electron chi connectivity index (χ4n) is 1.86. The van der Waals surface area contributed by atoms with Crippen molar-refractivity contribution < 1.29 is 0 Å². The molecule has 3 rings (SSSR count). The largest absolute Gasteiger partial charge is 0.310 e. The van der Waals surface area contributed by atoms with E-state index in [0.29, 0.717) is 11.6 Å². The maximum atomic E-state index is 9.29. The van der Waals surface area contributed by atoms with Crippen LogP contribution in [0.1, 0.15) is 24.0 Å². The van der Waals surface area contributed by atoms with Gasteiger partial charge in [0.2, 0.25) is 0 Å². The van der Waals surface area contributed by atoms with Crippen molar-refractivity contribution in [3.8, 4) is 6.07 Å². The van der Waals surface area contributed by atoms with E-state index in [2.05, 4.69) is 27.4 Å². The zero-order valence-electron chi connectivity index (χ0n) is 10.9. The van der Waals surface area contributed by atoms with Crippen LogP contribution in [0.15, 0.2) is 46.7 Å². The fourth-order valence-corrected chi connectivity index (χ4v) is 2.67. The monoisotopic (exact) mass is 282 g/mol. The van der Waals surface area contributed by atoms with Gasteiger partial charge < -0.3 is 5.32 Å². The Kier molecular flexibility index (Phi) is 3.95. The summed E-state index contributed by atoms with van der Waals surface area (Å²) in [6.45, 7) is 0.831. The second-order valence-electron chi connectivity index (χ2n) is 4.75. The van der Waals surface area contributed by atoms with Crippen molar-refractivity contribution in [2.45, 2.75) is 35.3 Å². The molecule has 0 amide bonds. The molecule has 0 atom stereocenters. The van der Waals surface area contributed by atoms with Gasteiger partial charge in [-0.15, -0.1) is 0 Å². The molecule has 20 heavy (non-hydrogen) atoms. The summed E-state index contributed by atoms with van der Waals surface area (Å²) in [5.41, 5.74) is 1.85. The highest BCUT2D eigenvalue weighted by molar-refractivity contribution is 7.99. The molecule has 0 radical (unpaired) electrons. The Bertz CT molecular complexity index is 632. The molecule has 2 aromatic rings. The Morgan fingerprint density at radius 3 is 2.95 bits per heavy atom. The summed E-state index contributed by atoms with van der Waals surface area (Å²) < 4.78 is 0. The highest BCUT2D eigenvalue weighted by atomic mass is 32.2. The molecule has 1 aliphatic carbocycles. The first-order valence-corrected chi connectivity index (χ1v) is 7.37. The lowest BCUT2D eigenvalue weighted by Crippen LogP contribution is -2.15. The third-order valence-corrected chi connectivity index (χ3v) is 4.13. The van der Waals surface area contributed by atoms with Gasteiger partial charge in [-0.2, -0.15) is 5.26 Å². The first-order valence-electron chi connectivity index (χ1n) is 6.55.